The van der Waals surface area contributed by atoms with Crippen LogP contribution in [0.2, 0.25) is 15.1 Å². The second-order valence-corrected chi connectivity index (χ2v) is 9.08. The minimum atomic E-state index is -0.493. The summed E-state index contributed by atoms with van der Waals surface area (Å²) in [6.45, 7) is 1.89. The number of fused-ring (bicyclic) bond motifs is 1. The summed E-state index contributed by atoms with van der Waals surface area (Å²) in [5, 5.41) is 3.45. The zero-order valence-electron chi connectivity index (χ0n) is 16.6. The lowest BCUT2D eigenvalue weighted by atomic mass is 9.82. The number of allylic oxidation sites excluding steroid dienone is 2. The van der Waals surface area contributed by atoms with Crippen LogP contribution in [0.3, 0.4) is 0 Å². The Morgan fingerprint density at radius 2 is 1.65 bits per heavy atom. The molecule has 0 saturated carbocycles. The van der Waals surface area contributed by atoms with Crippen molar-refractivity contribution < 1.29 is 14.4 Å². The number of rotatable bonds is 4. The van der Waals surface area contributed by atoms with Crippen LogP contribution in [0.4, 0.5) is 0 Å². The number of benzene rings is 2. The number of amides is 3. The fourth-order valence-electron chi connectivity index (χ4n) is 4.04. The summed E-state index contributed by atoms with van der Waals surface area (Å²) in [5.74, 6) is -2.15. The van der Waals surface area contributed by atoms with E-state index in [0.717, 1.165) is 10.6 Å². The lowest BCUT2D eigenvalue weighted by Crippen LogP contribution is -2.49. The fourth-order valence-corrected chi connectivity index (χ4v) is 4.64. The summed E-state index contributed by atoms with van der Waals surface area (Å²) < 4.78 is 0. The van der Waals surface area contributed by atoms with Crippen molar-refractivity contribution >= 4 is 52.5 Å². The van der Waals surface area contributed by atoms with Crippen LogP contribution in [0.15, 0.2) is 54.1 Å². The molecule has 8 heteroatoms. The van der Waals surface area contributed by atoms with Crippen LogP contribution in [0, 0.1) is 11.8 Å². The largest absolute Gasteiger partial charge is 0.273 e. The van der Waals surface area contributed by atoms with Crippen molar-refractivity contribution in [2.75, 3.05) is 0 Å². The maximum Gasteiger partial charge on any atom is 0.273 e. The summed E-state index contributed by atoms with van der Waals surface area (Å²) in [7, 11) is 0. The van der Waals surface area contributed by atoms with Crippen molar-refractivity contribution in [2.45, 2.75) is 26.3 Å². The van der Waals surface area contributed by atoms with Gasteiger partial charge >= 0.3 is 0 Å². The highest BCUT2D eigenvalue weighted by atomic mass is 35.5. The van der Waals surface area contributed by atoms with Crippen LogP contribution >= 0.6 is 34.8 Å². The molecule has 0 radical (unpaired) electrons. The molecule has 0 aromatic heterocycles. The van der Waals surface area contributed by atoms with Gasteiger partial charge in [-0.3, -0.25) is 14.4 Å². The SMILES string of the molecule is CC1=CC[C@@H]2C(=O)N(N(Cc3ccc(Cl)cc3Cl)C(=O)c3ccc(Cl)cc3)C(=O)[C@H]2C1. The Hall–Kier alpha value is -2.34. The van der Waals surface area contributed by atoms with Crippen LogP contribution in [0.5, 0.6) is 0 Å². The lowest BCUT2D eigenvalue weighted by molar-refractivity contribution is -0.155. The van der Waals surface area contributed by atoms with Crippen LogP contribution in [-0.4, -0.2) is 27.7 Å². The molecule has 5 nitrogen and oxygen atoms in total. The van der Waals surface area contributed by atoms with Crippen molar-refractivity contribution in [1.82, 2.24) is 10.0 Å². The first-order chi connectivity index (χ1) is 14.8. The molecule has 0 bridgehead atoms. The van der Waals surface area contributed by atoms with E-state index in [4.69, 9.17) is 34.8 Å². The van der Waals surface area contributed by atoms with Gasteiger partial charge in [0.2, 0.25) is 0 Å². The number of nitrogens with zero attached hydrogens (tertiary/aromatic N) is 2. The van der Waals surface area contributed by atoms with E-state index in [1.807, 2.05) is 13.0 Å². The van der Waals surface area contributed by atoms with Gasteiger partial charge in [-0.05, 0) is 61.7 Å². The Morgan fingerprint density at radius 3 is 2.32 bits per heavy atom. The van der Waals surface area contributed by atoms with E-state index in [-0.39, 0.29) is 18.4 Å². The topological polar surface area (TPSA) is 57.7 Å². The van der Waals surface area contributed by atoms with Gasteiger partial charge in [-0.25, -0.2) is 5.01 Å². The molecule has 1 heterocycles. The van der Waals surface area contributed by atoms with E-state index in [1.54, 1.807) is 42.5 Å². The predicted molar refractivity (Wildman–Crippen MR) is 120 cm³/mol. The standard InChI is InChI=1S/C23H19Cl3N2O3/c1-13-2-9-18-19(10-13)23(31)28(22(18)30)27(12-15-5-8-17(25)11-20(15)26)21(29)14-3-6-16(24)7-4-14/h2-8,11,18-19H,9-10,12H2,1H3/t18-,19-/m0/s1. The lowest BCUT2D eigenvalue weighted by Gasteiger charge is -2.31. The van der Waals surface area contributed by atoms with E-state index >= 15 is 0 Å². The normalized spacial score (nSPS) is 20.5. The maximum absolute atomic E-state index is 13.4. The van der Waals surface area contributed by atoms with Gasteiger partial charge in [-0.15, -0.1) is 0 Å². The maximum atomic E-state index is 13.4. The average molecular weight is 478 g/mol. The molecule has 2 aromatic rings. The Balaban J connectivity index is 1.73. The smallest absolute Gasteiger partial charge is 0.272 e. The summed E-state index contributed by atoms with van der Waals surface area (Å²) in [6, 6.07) is 11.2. The zero-order valence-corrected chi connectivity index (χ0v) is 18.9. The fraction of sp³-hybridized carbons (Fsp3) is 0.261. The molecule has 0 spiro atoms. The first-order valence-electron chi connectivity index (χ1n) is 9.81. The molecule has 1 fully saturated rings. The molecule has 1 saturated heterocycles. The third kappa shape index (κ3) is 4.22. The van der Waals surface area contributed by atoms with Crippen LogP contribution in [0.25, 0.3) is 0 Å². The van der Waals surface area contributed by atoms with E-state index in [1.165, 1.54) is 5.01 Å². The molecule has 1 aliphatic heterocycles. The second-order valence-electron chi connectivity index (χ2n) is 7.80. The second kappa shape index (κ2) is 8.65. The Morgan fingerprint density at radius 1 is 1.00 bits per heavy atom. The minimum absolute atomic E-state index is 0.0548. The molecule has 0 unspecified atom stereocenters. The molecule has 0 N–H and O–H groups in total. The van der Waals surface area contributed by atoms with Gasteiger partial charge < -0.3 is 0 Å². The van der Waals surface area contributed by atoms with Gasteiger partial charge in [0.25, 0.3) is 17.7 Å². The molecular formula is C23H19Cl3N2O3. The highest BCUT2D eigenvalue weighted by molar-refractivity contribution is 6.35. The van der Waals surface area contributed by atoms with Crippen molar-refractivity contribution in [3.63, 3.8) is 0 Å². The molecule has 2 aromatic carbocycles. The van der Waals surface area contributed by atoms with Crippen LogP contribution in [0.1, 0.15) is 35.7 Å². The monoisotopic (exact) mass is 476 g/mol. The number of hydrogen-bond acceptors (Lipinski definition) is 3. The van der Waals surface area contributed by atoms with E-state index in [2.05, 4.69) is 0 Å². The summed E-state index contributed by atoms with van der Waals surface area (Å²) in [6.07, 6.45) is 2.98. The van der Waals surface area contributed by atoms with E-state index in [9.17, 15) is 14.4 Å². The van der Waals surface area contributed by atoms with Crippen molar-refractivity contribution in [3.05, 3.63) is 80.3 Å². The average Bonchev–Trinajstić information content (AvgIpc) is 2.97. The number of carbonyl (C=O) groups excluding carboxylic acids is 3. The van der Waals surface area contributed by atoms with E-state index in [0.29, 0.717) is 39.0 Å². The van der Waals surface area contributed by atoms with Gasteiger partial charge in [0.1, 0.15) is 0 Å². The zero-order chi connectivity index (χ0) is 22.3. The first-order valence-corrected chi connectivity index (χ1v) is 10.9. The Bertz CT molecular complexity index is 1100. The Kier molecular flexibility index (Phi) is 6.11. The van der Waals surface area contributed by atoms with Crippen LogP contribution in [-0.2, 0) is 16.1 Å². The van der Waals surface area contributed by atoms with Crippen molar-refractivity contribution in [1.29, 1.82) is 0 Å². The predicted octanol–water partition coefficient (Wildman–Crippen LogP) is 5.55. The number of halogens is 3. The highest BCUT2D eigenvalue weighted by Gasteiger charge is 2.51. The number of hydrazine groups is 1. The molecule has 4 rings (SSSR count). The van der Waals surface area contributed by atoms with Gasteiger partial charge in [0.15, 0.2) is 0 Å². The minimum Gasteiger partial charge on any atom is -0.272 e. The van der Waals surface area contributed by atoms with Gasteiger partial charge in [-0.2, -0.15) is 5.01 Å². The third-order valence-corrected chi connectivity index (χ3v) is 6.54. The van der Waals surface area contributed by atoms with Crippen molar-refractivity contribution in [2.24, 2.45) is 11.8 Å². The molecule has 3 amide bonds. The van der Waals surface area contributed by atoms with Crippen molar-refractivity contribution in [3.8, 4) is 0 Å². The molecule has 160 valence electrons. The molecule has 2 atom stereocenters. The number of hydrogen-bond donors (Lipinski definition) is 0. The summed E-state index contributed by atoms with van der Waals surface area (Å²) in [4.78, 5) is 39.9. The molecular weight excluding hydrogens is 459 g/mol. The Labute approximate surface area is 195 Å². The quantitative estimate of drug-likeness (QED) is 0.429. The number of carbonyl (C=O) groups is 3. The number of imide groups is 1. The summed E-state index contributed by atoms with van der Waals surface area (Å²) >= 11 is 18.3. The van der Waals surface area contributed by atoms with Gasteiger partial charge in [0.05, 0.1) is 18.4 Å². The first kappa shape index (κ1) is 21.9. The third-order valence-electron chi connectivity index (χ3n) is 5.70. The van der Waals surface area contributed by atoms with Gasteiger partial charge in [0, 0.05) is 20.6 Å². The van der Waals surface area contributed by atoms with Crippen LogP contribution < -0.4 is 0 Å². The highest BCUT2D eigenvalue weighted by Crippen LogP contribution is 2.39. The van der Waals surface area contributed by atoms with Gasteiger partial charge in [-0.1, -0.05) is 52.5 Å². The molecule has 31 heavy (non-hydrogen) atoms. The molecule has 1 aliphatic carbocycles. The summed E-state index contributed by atoms with van der Waals surface area (Å²) in [5.41, 5.74) is 1.94. The molecule has 2 aliphatic rings. The van der Waals surface area contributed by atoms with E-state index < -0.39 is 17.7 Å².